The molecule has 8 nitrogen and oxygen atoms in total. The van der Waals surface area contributed by atoms with Crippen molar-refractivity contribution in [3.05, 3.63) is 54.7 Å². The lowest BCUT2D eigenvalue weighted by atomic mass is 10.2. The average Bonchev–Trinajstić information content (AvgIpc) is 3.14. The van der Waals surface area contributed by atoms with E-state index in [1.54, 1.807) is 24.3 Å². The molecule has 35 heavy (non-hydrogen) atoms. The number of aromatic nitrogens is 1. The monoisotopic (exact) mass is 494 g/mol. The van der Waals surface area contributed by atoms with Crippen molar-refractivity contribution in [3.63, 3.8) is 0 Å². The van der Waals surface area contributed by atoms with Gasteiger partial charge in [0.1, 0.15) is 6.54 Å². The molecule has 0 unspecified atom stereocenters. The summed E-state index contributed by atoms with van der Waals surface area (Å²) in [5.74, 6) is -0.0537. The molecule has 1 aliphatic rings. The van der Waals surface area contributed by atoms with Gasteiger partial charge in [-0.1, -0.05) is 24.3 Å². The van der Waals surface area contributed by atoms with Gasteiger partial charge in [-0.25, -0.2) is 0 Å². The number of benzene rings is 2. The molecule has 4 rings (SSSR count). The van der Waals surface area contributed by atoms with E-state index in [2.05, 4.69) is 10.6 Å². The van der Waals surface area contributed by atoms with Crippen LogP contribution in [-0.4, -0.2) is 58.2 Å². The molecule has 2 aromatic carbocycles. The average molecular weight is 495 g/mol. The Morgan fingerprint density at radius 1 is 1.00 bits per heavy atom. The van der Waals surface area contributed by atoms with E-state index < -0.39 is 0 Å². The van der Waals surface area contributed by atoms with E-state index in [0.717, 1.165) is 15.8 Å². The summed E-state index contributed by atoms with van der Waals surface area (Å²) in [6.07, 6.45) is 1.99. The number of rotatable bonds is 7. The molecule has 2 heterocycles. The van der Waals surface area contributed by atoms with Crippen molar-refractivity contribution in [3.8, 4) is 0 Å². The van der Waals surface area contributed by atoms with Gasteiger partial charge in [-0.3, -0.25) is 14.4 Å². The maximum Gasteiger partial charge on any atom is 0.242 e. The number of thioether (sulfide) groups is 1. The molecule has 0 bridgehead atoms. The van der Waals surface area contributed by atoms with Crippen LogP contribution < -0.4 is 10.6 Å². The number of carbonyl (C=O) groups excluding carboxylic acids is 3. The lowest BCUT2D eigenvalue weighted by Gasteiger charge is -2.35. The molecule has 0 spiro atoms. The molecule has 0 radical (unpaired) electrons. The zero-order chi connectivity index (χ0) is 24.9. The highest BCUT2D eigenvalue weighted by Gasteiger charge is 2.26. The number of nitrogens with zero attached hydrogens (tertiary/aromatic N) is 2. The van der Waals surface area contributed by atoms with Crippen LogP contribution in [0.4, 0.5) is 11.4 Å². The predicted molar refractivity (Wildman–Crippen MR) is 139 cm³/mol. The molecule has 1 saturated heterocycles. The van der Waals surface area contributed by atoms with Crippen molar-refractivity contribution in [1.29, 1.82) is 0 Å². The summed E-state index contributed by atoms with van der Waals surface area (Å²) in [4.78, 5) is 39.7. The van der Waals surface area contributed by atoms with Crippen LogP contribution in [0.3, 0.4) is 0 Å². The van der Waals surface area contributed by atoms with Gasteiger partial charge in [-0.2, -0.15) is 0 Å². The van der Waals surface area contributed by atoms with Gasteiger partial charge in [0.15, 0.2) is 0 Å². The number of para-hydroxylation sites is 1. The first-order valence-corrected chi connectivity index (χ1v) is 12.6. The molecule has 1 aromatic heterocycles. The summed E-state index contributed by atoms with van der Waals surface area (Å²) in [6.45, 7) is 6.82. The quantitative estimate of drug-likeness (QED) is 0.485. The van der Waals surface area contributed by atoms with Crippen LogP contribution in [0.15, 0.2) is 59.6 Å². The van der Waals surface area contributed by atoms with E-state index in [1.165, 1.54) is 18.7 Å². The van der Waals surface area contributed by atoms with Crippen LogP contribution >= 0.6 is 11.8 Å². The van der Waals surface area contributed by atoms with Gasteiger partial charge >= 0.3 is 0 Å². The Morgan fingerprint density at radius 2 is 1.69 bits per heavy atom. The molecule has 3 aromatic rings. The second-order valence-electron chi connectivity index (χ2n) is 8.79. The minimum atomic E-state index is -0.170. The fourth-order valence-electron chi connectivity index (χ4n) is 4.30. The molecule has 1 fully saturated rings. The molecule has 3 amide bonds. The fraction of sp³-hybridized carbons (Fsp3) is 0.346. The van der Waals surface area contributed by atoms with Crippen LogP contribution in [0, 0.1) is 0 Å². The Labute approximate surface area is 209 Å². The second-order valence-corrected chi connectivity index (χ2v) is 9.81. The van der Waals surface area contributed by atoms with E-state index in [1.807, 2.05) is 53.8 Å². The first kappa shape index (κ1) is 24.8. The van der Waals surface area contributed by atoms with E-state index in [4.69, 9.17) is 4.74 Å². The molecule has 0 saturated carbocycles. The number of ether oxygens (including phenoxy) is 1. The number of hydrogen-bond acceptors (Lipinski definition) is 5. The predicted octanol–water partition coefficient (Wildman–Crippen LogP) is 3.97. The topological polar surface area (TPSA) is 92.7 Å². The number of carbonyl (C=O) groups is 3. The third kappa shape index (κ3) is 6.43. The first-order chi connectivity index (χ1) is 16.8. The molecule has 0 aliphatic carbocycles. The number of morpholine rings is 1. The third-order valence-corrected chi connectivity index (χ3v) is 6.70. The summed E-state index contributed by atoms with van der Waals surface area (Å²) < 4.78 is 7.71. The summed E-state index contributed by atoms with van der Waals surface area (Å²) >= 11 is 1.43. The van der Waals surface area contributed by atoms with E-state index in [9.17, 15) is 14.4 Å². The van der Waals surface area contributed by atoms with Gasteiger partial charge in [0.2, 0.25) is 17.7 Å². The first-order valence-electron chi connectivity index (χ1n) is 11.6. The smallest absolute Gasteiger partial charge is 0.242 e. The van der Waals surface area contributed by atoms with Crippen molar-refractivity contribution in [2.24, 2.45) is 0 Å². The van der Waals surface area contributed by atoms with E-state index >= 15 is 0 Å². The molecule has 2 atom stereocenters. The second kappa shape index (κ2) is 11.0. The summed E-state index contributed by atoms with van der Waals surface area (Å²) in [7, 11) is 0. The highest BCUT2D eigenvalue weighted by molar-refractivity contribution is 8.00. The minimum Gasteiger partial charge on any atom is -0.372 e. The SMILES string of the molecule is CC(=O)Nc1cccc(NC(=O)CSc2cn(CC(=O)N3C[C@@H](C)O[C@@H](C)C3)c3ccccc23)c1. The Bertz CT molecular complexity index is 1230. The van der Waals surface area contributed by atoms with Crippen LogP contribution in [0.1, 0.15) is 20.8 Å². The standard InChI is InChI=1S/C26H30N4O4S/c1-17-12-30(13-18(2)34-17)26(33)15-29-14-24(22-9-4-5-10-23(22)29)35-16-25(32)28-21-8-6-7-20(11-21)27-19(3)31/h4-11,14,17-18H,12-13,15-16H2,1-3H3,(H,27,31)(H,28,32)/t17-,18+. The zero-order valence-corrected chi connectivity index (χ0v) is 20.9. The van der Waals surface area contributed by atoms with Crippen molar-refractivity contribution in [2.75, 3.05) is 29.5 Å². The molecule has 1 aliphatic heterocycles. The lowest BCUT2D eigenvalue weighted by Crippen LogP contribution is -2.49. The molecular weight excluding hydrogens is 464 g/mol. The van der Waals surface area contributed by atoms with Gasteiger partial charge in [-0.05, 0) is 38.1 Å². The maximum absolute atomic E-state index is 13.0. The lowest BCUT2D eigenvalue weighted by molar-refractivity contribution is -0.143. The Balaban J connectivity index is 1.42. The highest BCUT2D eigenvalue weighted by atomic mass is 32.2. The van der Waals surface area contributed by atoms with Crippen molar-refractivity contribution < 1.29 is 19.1 Å². The number of hydrogen-bond donors (Lipinski definition) is 2. The number of fused-ring (bicyclic) bond motifs is 1. The van der Waals surface area contributed by atoms with Crippen LogP contribution in [0.2, 0.25) is 0 Å². The fourth-order valence-corrected chi connectivity index (χ4v) is 5.19. The van der Waals surface area contributed by atoms with Gasteiger partial charge < -0.3 is 24.8 Å². The van der Waals surface area contributed by atoms with Crippen molar-refractivity contribution in [2.45, 2.75) is 44.4 Å². The van der Waals surface area contributed by atoms with Crippen LogP contribution in [-0.2, 0) is 25.7 Å². The third-order valence-electron chi connectivity index (χ3n) is 5.66. The van der Waals surface area contributed by atoms with Crippen molar-refractivity contribution >= 4 is 51.8 Å². The van der Waals surface area contributed by atoms with Gasteiger partial charge in [0.25, 0.3) is 0 Å². The molecule has 184 valence electrons. The zero-order valence-electron chi connectivity index (χ0n) is 20.1. The summed E-state index contributed by atoms with van der Waals surface area (Å²) in [5.41, 5.74) is 2.20. The van der Waals surface area contributed by atoms with Gasteiger partial charge in [0, 0.05) is 53.4 Å². The number of nitrogens with one attached hydrogen (secondary N) is 2. The van der Waals surface area contributed by atoms with Gasteiger partial charge in [0.05, 0.1) is 18.0 Å². The summed E-state index contributed by atoms with van der Waals surface area (Å²) in [6, 6.07) is 14.9. The highest BCUT2D eigenvalue weighted by Crippen LogP contribution is 2.30. The summed E-state index contributed by atoms with van der Waals surface area (Å²) in [5, 5.41) is 6.59. The largest absolute Gasteiger partial charge is 0.372 e. The van der Waals surface area contributed by atoms with E-state index in [-0.39, 0.29) is 42.2 Å². The van der Waals surface area contributed by atoms with Gasteiger partial charge in [-0.15, -0.1) is 11.8 Å². The van der Waals surface area contributed by atoms with E-state index in [0.29, 0.717) is 24.5 Å². The maximum atomic E-state index is 13.0. The molecule has 9 heteroatoms. The normalized spacial score (nSPS) is 17.9. The minimum absolute atomic E-state index is 0.0210. The Hall–Kier alpha value is -3.30. The van der Waals surface area contributed by atoms with Crippen LogP contribution in [0.25, 0.3) is 10.9 Å². The molecular formula is C26H30N4O4S. The Kier molecular flexibility index (Phi) is 7.77. The Morgan fingerprint density at radius 3 is 2.40 bits per heavy atom. The van der Waals surface area contributed by atoms with Crippen molar-refractivity contribution in [1.82, 2.24) is 9.47 Å². The number of anilines is 2. The van der Waals surface area contributed by atoms with Crippen LogP contribution in [0.5, 0.6) is 0 Å². The number of amides is 3. The molecule has 2 N–H and O–H groups in total.